The topological polar surface area (TPSA) is 69.7 Å². The van der Waals surface area contributed by atoms with Gasteiger partial charge >= 0.3 is 0 Å². The van der Waals surface area contributed by atoms with Gasteiger partial charge in [-0.15, -0.1) is 13.2 Å². The van der Waals surface area contributed by atoms with Gasteiger partial charge in [-0.3, -0.25) is 0 Å². The third-order valence-electron chi connectivity index (χ3n) is 3.87. The summed E-state index contributed by atoms with van der Waals surface area (Å²) in [6.45, 7) is 18.1. The first-order valence-corrected chi connectivity index (χ1v) is 10.8. The van der Waals surface area contributed by atoms with Crippen molar-refractivity contribution in [2.75, 3.05) is 87.1 Å². The third-order valence-corrected chi connectivity index (χ3v) is 3.87. The van der Waals surface area contributed by atoms with Crippen molar-refractivity contribution in [3.8, 4) is 0 Å². The molecule has 1 N–H and O–H groups in total. The minimum atomic E-state index is -0.412. The highest BCUT2D eigenvalue weighted by atomic mass is 35.5. The molecule has 0 spiro atoms. The number of hydrogen-bond acceptors (Lipinski definition) is 6. The molecule has 2 unspecified atom stereocenters. The van der Waals surface area contributed by atoms with Crippen molar-refractivity contribution in [3.05, 3.63) is 24.3 Å². The summed E-state index contributed by atoms with van der Waals surface area (Å²) in [6.07, 6.45) is 1.77. The highest BCUT2D eigenvalue weighted by Crippen LogP contribution is 2.08. The van der Waals surface area contributed by atoms with Gasteiger partial charge in [0.25, 0.3) is 0 Å². The Balaban J connectivity index is 0. The van der Waals surface area contributed by atoms with E-state index in [1.54, 1.807) is 0 Å². The van der Waals surface area contributed by atoms with Gasteiger partial charge in [-0.1, -0.05) is 11.1 Å². The Labute approximate surface area is 196 Å². The van der Waals surface area contributed by atoms with Crippen molar-refractivity contribution < 1.29 is 45.7 Å². The molecule has 1 aliphatic heterocycles. The molecule has 1 saturated heterocycles. The summed E-state index contributed by atoms with van der Waals surface area (Å²) in [5.41, 5.74) is 2.29. The highest BCUT2D eigenvalue weighted by molar-refractivity contribution is 4.87. The highest BCUT2D eigenvalue weighted by Gasteiger charge is 2.21. The number of epoxide rings is 1. The van der Waals surface area contributed by atoms with E-state index in [4.69, 9.17) is 23.7 Å². The minimum Gasteiger partial charge on any atom is -1.00 e. The van der Waals surface area contributed by atoms with Crippen molar-refractivity contribution in [1.29, 1.82) is 0 Å². The Hall–Kier alpha value is -0.510. The van der Waals surface area contributed by atoms with Crippen LogP contribution in [0.4, 0.5) is 0 Å². The van der Waals surface area contributed by atoms with Crippen LogP contribution in [0.25, 0.3) is 0 Å². The molecular weight excluding hydrogens is 422 g/mol. The molecule has 1 aliphatic rings. The van der Waals surface area contributed by atoms with Gasteiger partial charge < -0.3 is 45.7 Å². The van der Waals surface area contributed by atoms with Crippen molar-refractivity contribution >= 4 is 0 Å². The number of nitrogens with zero attached hydrogens (tertiary/aromatic N) is 1. The second-order valence-electron chi connectivity index (χ2n) is 8.87. The Bertz CT molecular complexity index is 452. The number of rotatable bonds is 18. The van der Waals surface area contributed by atoms with Crippen LogP contribution in [0.5, 0.6) is 0 Å². The maximum absolute atomic E-state index is 9.67. The molecule has 0 aromatic heterocycles. The fourth-order valence-corrected chi connectivity index (χ4v) is 2.22. The van der Waals surface area contributed by atoms with Gasteiger partial charge in [0.1, 0.15) is 18.8 Å². The van der Waals surface area contributed by atoms with Gasteiger partial charge in [-0.25, -0.2) is 0 Å². The maximum Gasteiger partial charge on any atom is 0.126 e. The molecule has 0 aliphatic carbocycles. The van der Waals surface area contributed by atoms with Crippen LogP contribution in [-0.4, -0.2) is 109 Å². The van der Waals surface area contributed by atoms with E-state index in [9.17, 15) is 5.11 Å². The van der Waals surface area contributed by atoms with E-state index < -0.39 is 6.10 Å². The number of aliphatic hydroxyl groups is 1. The fraction of sp³-hybridized carbons (Fsp3) is 0.826. The number of hydrogen-bond donors (Lipinski definition) is 1. The van der Waals surface area contributed by atoms with Gasteiger partial charge in [-0.2, -0.15) is 0 Å². The molecule has 1 heterocycles. The minimum absolute atomic E-state index is 0. The van der Waals surface area contributed by atoms with Crippen LogP contribution in [0, 0.1) is 0 Å². The first-order chi connectivity index (χ1) is 14.1. The smallest absolute Gasteiger partial charge is 0.126 e. The number of aliphatic hydroxyl groups excluding tert-OH is 1. The Morgan fingerprint density at radius 3 is 1.77 bits per heavy atom. The molecule has 7 nitrogen and oxygen atoms in total. The largest absolute Gasteiger partial charge is 1.00 e. The first-order valence-electron chi connectivity index (χ1n) is 10.8. The average Bonchev–Trinajstić information content (AvgIpc) is 3.43. The summed E-state index contributed by atoms with van der Waals surface area (Å²) in [7, 11) is 6.14. The van der Waals surface area contributed by atoms with Crippen LogP contribution in [0.1, 0.15) is 26.7 Å². The van der Waals surface area contributed by atoms with Crippen LogP contribution in [0.15, 0.2) is 24.3 Å². The molecule has 0 aromatic carbocycles. The standard InChI is InChI=1S/C13H28NO3.C10H18O3.ClH/c1-12(2)6-7-16-8-9-17-11-13(15)10-14(3,4)5;1-9(2)3-4-11-5-6-12-7-10-8-13-10;/h13,15H,1,6-11H2,2-5H3;10H,1,3-8H2,2H3;1H/q+1;;/p-1. The number of halogens is 1. The van der Waals surface area contributed by atoms with Crippen molar-refractivity contribution in [2.45, 2.75) is 38.9 Å². The van der Waals surface area contributed by atoms with E-state index in [0.717, 1.165) is 41.7 Å². The molecule has 2 atom stereocenters. The zero-order valence-corrected chi connectivity index (χ0v) is 21.1. The normalized spacial score (nSPS) is 16.0. The summed E-state index contributed by atoms with van der Waals surface area (Å²) in [6, 6.07) is 0. The lowest BCUT2D eigenvalue weighted by Gasteiger charge is -2.26. The van der Waals surface area contributed by atoms with Crippen molar-refractivity contribution in [3.63, 3.8) is 0 Å². The quantitative estimate of drug-likeness (QED) is 0.126. The van der Waals surface area contributed by atoms with E-state index in [1.807, 2.05) is 35.0 Å². The lowest BCUT2D eigenvalue weighted by molar-refractivity contribution is -0.873. The number of likely N-dealkylation sites (N-methyl/N-ethyl adjacent to an activating group) is 1. The lowest BCUT2D eigenvalue weighted by Crippen LogP contribution is -3.00. The van der Waals surface area contributed by atoms with Crippen LogP contribution in [0.2, 0.25) is 0 Å². The Morgan fingerprint density at radius 2 is 1.35 bits per heavy atom. The van der Waals surface area contributed by atoms with Gasteiger partial charge in [0.05, 0.1) is 80.6 Å². The summed E-state index contributed by atoms with van der Waals surface area (Å²) < 4.78 is 27.0. The predicted octanol–water partition coefficient (Wildman–Crippen LogP) is -0.558. The average molecular weight is 468 g/mol. The van der Waals surface area contributed by atoms with Crippen LogP contribution in [0.3, 0.4) is 0 Å². The SMILES string of the molecule is C=C(C)CCOCCOCC(O)C[N+](C)(C)C.C=C(C)CCOCCOCC1CO1.[Cl-]. The second-order valence-corrected chi connectivity index (χ2v) is 8.87. The van der Waals surface area contributed by atoms with Gasteiger partial charge in [0.15, 0.2) is 0 Å². The van der Waals surface area contributed by atoms with E-state index in [1.165, 1.54) is 0 Å². The summed E-state index contributed by atoms with van der Waals surface area (Å²) in [4.78, 5) is 0. The lowest BCUT2D eigenvalue weighted by atomic mass is 10.3. The fourth-order valence-electron chi connectivity index (χ4n) is 2.22. The molecular formula is C23H46ClNO6. The second kappa shape index (κ2) is 20.1. The summed E-state index contributed by atoms with van der Waals surface area (Å²) in [5.74, 6) is 0. The Morgan fingerprint density at radius 1 is 0.903 bits per heavy atom. The molecule has 0 saturated carbocycles. The predicted molar refractivity (Wildman–Crippen MR) is 121 cm³/mol. The Kier molecular flexibility index (Phi) is 21.2. The molecule has 186 valence electrons. The van der Waals surface area contributed by atoms with Crippen LogP contribution < -0.4 is 12.4 Å². The summed E-state index contributed by atoms with van der Waals surface area (Å²) in [5, 5.41) is 9.67. The summed E-state index contributed by atoms with van der Waals surface area (Å²) >= 11 is 0. The molecule has 31 heavy (non-hydrogen) atoms. The van der Waals surface area contributed by atoms with E-state index in [2.05, 4.69) is 13.2 Å². The van der Waals surface area contributed by atoms with E-state index in [-0.39, 0.29) is 12.4 Å². The molecule has 8 heteroatoms. The maximum atomic E-state index is 9.67. The van der Waals surface area contributed by atoms with E-state index >= 15 is 0 Å². The van der Waals surface area contributed by atoms with Gasteiger partial charge in [-0.05, 0) is 26.7 Å². The zero-order chi connectivity index (χ0) is 22.8. The molecule has 1 fully saturated rings. The molecule has 1 rings (SSSR count). The van der Waals surface area contributed by atoms with Gasteiger partial charge in [0.2, 0.25) is 0 Å². The molecule has 0 radical (unpaired) electrons. The van der Waals surface area contributed by atoms with Crippen LogP contribution in [-0.2, 0) is 23.7 Å². The zero-order valence-electron chi connectivity index (χ0n) is 20.4. The van der Waals surface area contributed by atoms with Gasteiger partial charge in [0, 0.05) is 0 Å². The number of ether oxygens (including phenoxy) is 5. The molecule has 0 aromatic rings. The van der Waals surface area contributed by atoms with Crippen molar-refractivity contribution in [1.82, 2.24) is 0 Å². The first kappa shape index (κ1) is 32.7. The van der Waals surface area contributed by atoms with Crippen LogP contribution >= 0.6 is 0 Å². The third kappa shape index (κ3) is 29.5. The van der Waals surface area contributed by atoms with E-state index in [0.29, 0.717) is 58.9 Å². The molecule has 0 amide bonds. The molecule has 0 bridgehead atoms. The van der Waals surface area contributed by atoms with Crippen molar-refractivity contribution in [2.24, 2.45) is 0 Å². The monoisotopic (exact) mass is 467 g/mol. The number of quaternary nitrogens is 1.